The maximum absolute atomic E-state index is 11.6. The Morgan fingerprint density at radius 3 is 2.53 bits per heavy atom. The van der Waals surface area contributed by atoms with Crippen molar-refractivity contribution in [2.45, 2.75) is 51.3 Å². The highest BCUT2D eigenvalue weighted by atomic mass is 16.6. The second-order valence-electron chi connectivity index (χ2n) is 5.52. The molecule has 1 aliphatic heterocycles. The molecule has 1 saturated carbocycles. The van der Waals surface area contributed by atoms with Crippen molar-refractivity contribution < 1.29 is 9.53 Å². The zero-order valence-electron chi connectivity index (χ0n) is 9.67. The average molecular weight is 212 g/mol. The van der Waals surface area contributed by atoms with E-state index < -0.39 is 5.60 Å². The summed E-state index contributed by atoms with van der Waals surface area (Å²) in [5, 5.41) is 6.38. The molecule has 4 heteroatoms. The van der Waals surface area contributed by atoms with E-state index in [2.05, 4.69) is 10.6 Å². The fourth-order valence-corrected chi connectivity index (χ4v) is 2.50. The van der Waals surface area contributed by atoms with E-state index in [9.17, 15) is 4.79 Å². The molecular formula is C11H20N2O2. The first-order chi connectivity index (χ1) is 6.96. The van der Waals surface area contributed by atoms with Crippen molar-refractivity contribution in [2.24, 2.45) is 5.92 Å². The van der Waals surface area contributed by atoms with E-state index in [1.54, 1.807) is 0 Å². The van der Waals surface area contributed by atoms with Crippen LogP contribution in [0.15, 0.2) is 0 Å². The fourth-order valence-electron chi connectivity index (χ4n) is 2.50. The van der Waals surface area contributed by atoms with Crippen LogP contribution in [0.2, 0.25) is 0 Å². The van der Waals surface area contributed by atoms with Crippen LogP contribution in [-0.4, -0.2) is 30.3 Å². The van der Waals surface area contributed by atoms with Crippen molar-refractivity contribution in [3.63, 3.8) is 0 Å². The van der Waals surface area contributed by atoms with Gasteiger partial charge in [0, 0.05) is 12.6 Å². The molecule has 0 unspecified atom stereocenters. The van der Waals surface area contributed by atoms with Crippen LogP contribution in [0.3, 0.4) is 0 Å². The highest BCUT2D eigenvalue weighted by Crippen LogP contribution is 2.31. The maximum atomic E-state index is 11.6. The molecule has 4 nitrogen and oxygen atoms in total. The molecule has 1 amide bonds. The molecule has 1 heterocycles. The Labute approximate surface area is 90.8 Å². The van der Waals surface area contributed by atoms with Crippen molar-refractivity contribution in [3.8, 4) is 0 Å². The normalized spacial score (nSPS) is 34.2. The van der Waals surface area contributed by atoms with Gasteiger partial charge in [0.15, 0.2) is 0 Å². The number of fused-ring (bicyclic) bond motifs is 2. The summed E-state index contributed by atoms with van der Waals surface area (Å²) in [5.74, 6) is 0.600. The van der Waals surface area contributed by atoms with Gasteiger partial charge in [-0.05, 0) is 39.5 Å². The summed E-state index contributed by atoms with van der Waals surface area (Å²) in [5.41, 5.74) is -0.408. The van der Waals surface area contributed by atoms with Crippen molar-refractivity contribution in [2.75, 3.05) is 6.54 Å². The summed E-state index contributed by atoms with van der Waals surface area (Å²) in [6, 6.07) is 0.738. The molecule has 2 bridgehead atoms. The van der Waals surface area contributed by atoms with Crippen molar-refractivity contribution in [1.82, 2.24) is 10.6 Å². The summed E-state index contributed by atoms with van der Waals surface area (Å²) < 4.78 is 5.25. The average Bonchev–Trinajstić information content (AvgIpc) is 2.61. The largest absolute Gasteiger partial charge is 0.444 e. The van der Waals surface area contributed by atoms with Crippen molar-refractivity contribution in [3.05, 3.63) is 0 Å². The lowest BCUT2D eigenvalue weighted by molar-refractivity contribution is 0.0497. The molecule has 86 valence electrons. The third kappa shape index (κ3) is 2.43. The molecule has 0 spiro atoms. The highest BCUT2D eigenvalue weighted by molar-refractivity contribution is 5.68. The number of rotatable bonds is 1. The summed E-state index contributed by atoms with van der Waals surface area (Å²) in [7, 11) is 0. The van der Waals surface area contributed by atoms with E-state index >= 15 is 0 Å². The number of carbonyl (C=O) groups excluding carboxylic acids is 1. The first-order valence-electron chi connectivity index (χ1n) is 5.68. The minimum absolute atomic E-state index is 0.278. The summed E-state index contributed by atoms with van der Waals surface area (Å²) in [6.45, 7) is 6.68. The second kappa shape index (κ2) is 3.67. The Balaban J connectivity index is 1.85. The molecule has 2 rings (SSSR count). The number of amides is 1. The van der Waals surface area contributed by atoms with Gasteiger partial charge in [-0.15, -0.1) is 0 Å². The minimum atomic E-state index is -0.408. The smallest absolute Gasteiger partial charge is 0.407 e. The zero-order valence-corrected chi connectivity index (χ0v) is 9.67. The van der Waals surface area contributed by atoms with Crippen molar-refractivity contribution >= 4 is 6.09 Å². The van der Waals surface area contributed by atoms with Gasteiger partial charge in [-0.3, -0.25) is 0 Å². The van der Waals surface area contributed by atoms with Crippen LogP contribution in [-0.2, 0) is 4.74 Å². The van der Waals surface area contributed by atoms with Gasteiger partial charge >= 0.3 is 6.09 Å². The standard InChI is InChI=1S/C11H20N2O2/c1-11(2,3)15-10(14)13-9-7-4-5-8(9)12-6-7/h7-9,12H,4-6H2,1-3H3,(H,13,14)/t7-,8+,9+/m0/s1. The van der Waals surface area contributed by atoms with Crippen LogP contribution in [0.25, 0.3) is 0 Å². The van der Waals surface area contributed by atoms with E-state index in [0.717, 1.165) is 6.54 Å². The Bertz CT molecular complexity index is 240. The molecule has 1 saturated heterocycles. The molecule has 15 heavy (non-hydrogen) atoms. The van der Waals surface area contributed by atoms with Gasteiger partial charge in [-0.25, -0.2) is 4.79 Å². The molecule has 0 aromatic rings. The molecule has 0 aromatic heterocycles. The van der Waals surface area contributed by atoms with E-state index in [-0.39, 0.29) is 12.1 Å². The number of hydrogen-bond acceptors (Lipinski definition) is 3. The van der Waals surface area contributed by atoms with Gasteiger partial charge in [0.2, 0.25) is 0 Å². The summed E-state index contributed by atoms with van der Waals surface area (Å²) >= 11 is 0. The Hall–Kier alpha value is -0.770. The van der Waals surface area contributed by atoms with E-state index in [0.29, 0.717) is 12.0 Å². The molecule has 3 atom stereocenters. The van der Waals surface area contributed by atoms with Gasteiger partial charge < -0.3 is 15.4 Å². The number of nitrogens with one attached hydrogen (secondary N) is 2. The van der Waals surface area contributed by atoms with Crippen LogP contribution in [0.5, 0.6) is 0 Å². The number of ether oxygens (including phenoxy) is 1. The van der Waals surface area contributed by atoms with E-state index in [1.807, 2.05) is 20.8 Å². The first-order valence-corrected chi connectivity index (χ1v) is 5.68. The number of hydrogen-bond donors (Lipinski definition) is 2. The van der Waals surface area contributed by atoms with Crippen LogP contribution in [0.4, 0.5) is 4.79 Å². The van der Waals surface area contributed by atoms with Gasteiger partial charge in [-0.1, -0.05) is 0 Å². The molecular weight excluding hydrogens is 192 g/mol. The lowest BCUT2D eigenvalue weighted by Crippen LogP contribution is -2.44. The Morgan fingerprint density at radius 1 is 1.40 bits per heavy atom. The van der Waals surface area contributed by atoms with Crippen LogP contribution < -0.4 is 10.6 Å². The quantitative estimate of drug-likeness (QED) is 0.688. The lowest BCUT2D eigenvalue weighted by atomic mass is 10.1. The van der Waals surface area contributed by atoms with Gasteiger partial charge in [0.1, 0.15) is 5.60 Å². The maximum Gasteiger partial charge on any atom is 0.407 e. The molecule has 2 aliphatic rings. The number of carbonyl (C=O) groups is 1. The number of alkyl carbamates (subject to hydrolysis) is 1. The van der Waals surface area contributed by atoms with E-state index in [4.69, 9.17) is 4.74 Å². The summed E-state index contributed by atoms with van der Waals surface area (Å²) in [6.07, 6.45) is 2.11. The Morgan fingerprint density at radius 2 is 2.13 bits per heavy atom. The second-order valence-corrected chi connectivity index (χ2v) is 5.52. The van der Waals surface area contributed by atoms with E-state index in [1.165, 1.54) is 12.8 Å². The lowest BCUT2D eigenvalue weighted by Gasteiger charge is -2.23. The predicted molar refractivity (Wildman–Crippen MR) is 57.7 cm³/mol. The molecule has 1 aliphatic carbocycles. The van der Waals surface area contributed by atoms with Crippen LogP contribution in [0, 0.1) is 5.92 Å². The predicted octanol–water partition coefficient (Wildman–Crippen LogP) is 1.26. The van der Waals surface area contributed by atoms with Gasteiger partial charge in [-0.2, -0.15) is 0 Å². The van der Waals surface area contributed by atoms with Crippen LogP contribution in [0.1, 0.15) is 33.6 Å². The van der Waals surface area contributed by atoms with Crippen LogP contribution >= 0.6 is 0 Å². The summed E-state index contributed by atoms with van der Waals surface area (Å²) in [4.78, 5) is 11.6. The molecule has 0 aromatic carbocycles. The molecule has 2 N–H and O–H groups in total. The van der Waals surface area contributed by atoms with Gasteiger partial charge in [0.25, 0.3) is 0 Å². The highest BCUT2D eigenvalue weighted by Gasteiger charge is 2.42. The third-order valence-electron chi connectivity index (χ3n) is 3.12. The SMILES string of the molecule is CC(C)(C)OC(=O)N[C@@H]1[C@H]2CC[C@H]1NC2. The van der Waals surface area contributed by atoms with Gasteiger partial charge in [0.05, 0.1) is 6.04 Å². The molecule has 0 radical (unpaired) electrons. The topological polar surface area (TPSA) is 50.4 Å². The zero-order chi connectivity index (χ0) is 11.1. The Kier molecular flexibility index (Phi) is 2.63. The number of piperidine rings is 1. The first kappa shape index (κ1) is 10.7. The minimum Gasteiger partial charge on any atom is -0.444 e. The molecule has 2 fully saturated rings. The fraction of sp³-hybridized carbons (Fsp3) is 0.909. The third-order valence-corrected chi connectivity index (χ3v) is 3.12. The monoisotopic (exact) mass is 212 g/mol. The van der Waals surface area contributed by atoms with Crippen molar-refractivity contribution in [1.29, 1.82) is 0 Å².